The van der Waals surface area contributed by atoms with Gasteiger partial charge < -0.3 is 15.0 Å². The highest BCUT2D eigenvalue weighted by atomic mass is 35.5. The zero-order valence-electron chi connectivity index (χ0n) is 10.4. The van der Waals surface area contributed by atoms with Crippen LogP contribution in [-0.2, 0) is 10.0 Å². The average Bonchev–Trinajstić information content (AvgIpc) is 2.36. The Morgan fingerprint density at radius 2 is 2.05 bits per heavy atom. The number of benzene rings is 1. The highest BCUT2D eigenvalue weighted by Gasteiger charge is 2.22. The van der Waals surface area contributed by atoms with Crippen LogP contribution in [-0.4, -0.2) is 19.5 Å². The number of rotatable bonds is 3. The molecule has 7 nitrogen and oxygen atoms in total. The average molecular weight is 329 g/mol. The maximum Gasteiger partial charge on any atom is 0.239 e. The molecule has 110 valence electrons. The summed E-state index contributed by atoms with van der Waals surface area (Å²) in [6.45, 7) is 0. The van der Waals surface area contributed by atoms with Gasteiger partial charge in [-0.25, -0.2) is 13.6 Å². The minimum Gasteiger partial charge on any atom is -0.545 e. The molecule has 1 aromatic carbocycles. The minimum atomic E-state index is -4.18. The summed E-state index contributed by atoms with van der Waals surface area (Å²) in [5.41, 5.74) is -0.401. The minimum absolute atomic E-state index is 0.0308. The Balaban J connectivity index is 2.79. The number of carbonyl (C=O) groups excluding carboxylic acids is 1. The molecule has 0 amide bonds. The van der Waals surface area contributed by atoms with E-state index in [2.05, 4.69) is 0 Å². The van der Waals surface area contributed by atoms with Gasteiger partial charge in [0.25, 0.3) is 0 Å². The van der Waals surface area contributed by atoms with Gasteiger partial charge in [-0.3, -0.25) is 0 Å². The van der Waals surface area contributed by atoms with Crippen molar-refractivity contribution in [3.63, 3.8) is 0 Å². The zero-order valence-corrected chi connectivity index (χ0v) is 11.9. The van der Waals surface area contributed by atoms with Crippen LogP contribution in [0.25, 0.3) is 5.69 Å². The van der Waals surface area contributed by atoms with Gasteiger partial charge in [-0.05, 0) is 12.1 Å². The van der Waals surface area contributed by atoms with Gasteiger partial charge in [0.2, 0.25) is 21.9 Å². The molecule has 0 radical (unpaired) electrons. The first-order valence-corrected chi connectivity index (χ1v) is 7.41. The molecule has 0 aliphatic rings. The second-order valence-electron chi connectivity index (χ2n) is 4.10. The molecule has 1 aromatic heterocycles. The number of sulfonamides is 1. The van der Waals surface area contributed by atoms with Gasteiger partial charge >= 0.3 is 0 Å². The van der Waals surface area contributed by atoms with Crippen LogP contribution in [0.1, 0.15) is 10.4 Å². The molecule has 0 saturated heterocycles. The number of hydrogen-bond acceptors (Lipinski definition) is 5. The van der Waals surface area contributed by atoms with Crippen molar-refractivity contribution in [2.45, 2.75) is 4.90 Å². The van der Waals surface area contributed by atoms with Crippen LogP contribution in [0.3, 0.4) is 0 Å². The number of carbonyl (C=O) groups is 1. The summed E-state index contributed by atoms with van der Waals surface area (Å²) in [7, 11) is -4.18. The molecule has 0 unspecified atom stereocenters. The Labute approximate surface area is 124 Å². The molecule has 0 aliphatic heterocycles. The maximum absolute atomic E-state index is 11.4. The summed E-state index contributed by atoms with van der Waals surface area (Å²) in [4.78, 5) is 10.7. The lowest BCUT2D eigenvalue weighted by atomic mass is 10.1. The second-order valence-corrected chi connectivity index (χ2v) is 6.04. The zero-order chi connectivity index (χ0) is 15.8. The predicted molar refractivity (Wildman–Crippen MR) is 70.4 cm³/mol. The first-order valence-electron chi connectivity index (χ1n) is 5.48. The van der Waals surface area contributed by atoms with Crippen LogP contribution < -0.4 is 14.8 Å². The van der Waals surface area contributed by atoms with Crippen LogP contribution in [0.4, 0.5) is 0 Å². The lowest BCUT2D eigenvalue weighted by Gasteiger charge is -2.09. The Bertz CT molecular complexity index is 836. The lowest BCUT2D eigenvalue weighted by molar-refractivity contribution is -0.596. The van der Waals surface area contributed by atoms with E-state index in [1.807, 2.05) is 0 Å². The first kappa shape index (κ1) is 15.2. The first-order chi connectivity index (χ1) is 9.70. The predicted octanol–water partition coefficient (Wildman–Crippen LogP) is -0.667. The van der Waals surface area contributed by atoms with Gasteiger partial charge in [0.05, 0.1) is 16.6 Å². The largest absolute Gasteiger partial charge is 0.545 e. The van der Waals surface area contributed by atoms with E-state index >= 15 is 0 Å². The molecule has 2 rings (SSSR count). The van der Waals surface area contributed by atoms with E-state index in [0.717, 1.165) is 12.1 Å². The number of carboxylic acids is 1. The highest BCUT2D eigenvalue weighted by Crippen LogP contribution is 2.25. The molecule has 0 fully saturated rings. The lowest BCUT2D eigenvalue weighted by Crippen LogP contribution is -2.35. The van der Waals surface area contributed by atoms with Crippen LogP contribution in [0.15, 0.2) is 41.6 Å². The number of nitrogens with zero attached hydrogens (tertiary/aromatic N) is 1. The molecule has 9 heteroatoms. The molecule has 0 atom stereocenters. The Hall–Kier alpha value is -2.16. The number of aromatic nitrogens is 1. The molecule has 21 heavy (non-hydrogen) atoms. The van der Waals surface area contributed by atoms with E-state index in [9.17, 15) is 23.4 Å². The summed E-state index contributed by atoms with van der Waals surface area (Å²) in [5, 5.41) is 25.4. The van der Waals surface area contributed by atoms with Crippen molar-refractivity contribution in [1.29, 1.82) is 0 Å². The van der Waals surface area contributed by atoms with Gasteiger partial charge in [-0.15, -0.1) is 0 Å². The highest BCUT2D eigenvalue weighted by molar-refractivity contribution is 7.89. The van der Waals surface area contributed by atoms with Crippen LogP contribution in [0.5, 0.6) is 5.75 Å². The third-order valence-corrected chi connectivity index (χ3v) is 4.02. The van der Waals surface area contributed by atoms with E-state index in [0.29, 0.717) is 0 Å². The third-order valence-electron chi connectivity index (χ3n) is 2.64. The molecular formula is C12H9ClN2O5S. The van der Waals surface area contributed by atoms with Crippen LogP contribution in [0.2, 0.25) is 5.02 Å². The number of carboxylic acid groups (broad SMARTS) is 1. The molecule has 0 aliphatic carbocycles. The van der Waals surface area contributed by atoms with Crippen molar-refractivity contribution in [2.75, 3.05) is 0 Å². The van der Waals surface area contributed by atoms with Crippen molar-refractivity contribution < 1.29 is 28.0 Å². The molecule has 2 aromatic rings. The SMILES string of the molecule is NS(=O)(=O)c1cc(C(=O)[O-])c(-[n+]2cccc(O)c2)cc1Cl. The fourth-order valence-corrected chi connectivity index (χ4v) is 2.84. The van der Waals surface area contributed by atoms with Gasteiger partial charge in [-0.1, -0.05) is 11.6 Å². The van der Waals surface area contributed by atoms with Crippen LogP contribution >= 0.6 is 11.6 Å². The molecule has 0 spiro atoms. The standard InChI is InChI=1S/C12H9ClN2O5S/c13-9-5-10(15-3-1-2-7(16)6-15)8(12(17)18)4-11(9)21(14,19)20/h1-6H,(H3-,14,16,17,18,19,20). The van der Waals surface area contributed by atoms with E-state index < -0.39 is 26.5 Å². The Morgan fingerprint density at radius 1 is 1.38 bits per heavy atom. The number of aromatic hydroxyl groups is 1. The summed E-state index contributed by atoms with van der Waals surface area (Å²) in [5.74, 6) is -1.73. The van der Waals surface area contributed by atoms with E-state index in [-0.39, 0.29) is 16.5 Å². The number of primary sulfonamides is 1. The number of nitrogens with two attached hydrogens (primary N) is 1. The summed E-state index contributed by atoms with van der Waals surface area (Å²) >= 11 is 5.83. The van der Waals surface area contributed by atoms with Crippen LogP contribution in [0, 0.1) is 0 Å². The van der Waals surface area contributed by atoms with Gasteiger partial charge in [-0.2, -0.15) is 4.57 Å². The van der Waals surface area contributed by atoms with Gasteiger partial charge in [0, 0.05) is 12.1 Å². The second kappa shape index (κ2) is 5.32. The van der Waals surface area contributed by atoms with Crippen molar-refractivity contribution in [1.82, 2.24) is 0 Å². The molecule has 3 N–H and O–H groups in total. The third kappa shape index (κ3) is 3.13. The smallest absolute Gasteiger partial charge is 0.239 e. The number of hydrogen-bond donors (Lipinski definition) is 2. The summed E-state index contributed by atoms with van der Waals surface area (Å²) in [6.07, 6.45) is 2.68. The van der Waals surface area contributed by atoms with Crippen molar-refractivity contribution >= 4 is 27.6 Å². The van der Waals surface area contributed by atoms with E-state index in [1.165, 1.54) is 29.1 Å². The fraction of sp³-hybridized carbons (Fsp3) is 0. The monoisotopic (exact) mass is 328 g/mol. The number of halogens is 1. The van der Waals surface area contributed by atoms with Gasteiger partial charge in [0.15, 0.2) is 11.9 Å². The Morgan fingerprint density at radius 3 is 2.57 bits per heavy atom. The van der Waals surface area contributed by atoms with E-state index in [4.69, 9.17) is 16.7 Å². The molecule has 1 heterocycles. The number of pyridine rings is 1. The van der Waals surface area contributed by atoms with Crippen molar-refractivity contribution in [3.8, 4) is 11.4 Å². The molecular weight excluding hydrogens is 320 g/mol. The number of aromatic carboxylic acids is 1. The van der Waals surface area contributed by atoms with Gasteiger partial charge in [0.1, 0.15) is 4.90 Å². The Kier molecular flexibility index (Phi) is 3.86. The van der Waals surface area contributed by atoms with Crippen molar-refractivity contribution in [2.24, 2.45) is 5.14 Å². The maximum atomic E-state index is 11.4. The normalized spacial score (nSPS) is 11.3. The fourth-order valence-electron chi connectivity index (χ4n) is 1.75. The molecule has 0 saturated carbocycles. The van der Waals surface area contributed by atoms with Crippen molar-refractivity contribution in [3.05, 3.63) is 47.2 Å². The topological polar surface area (TPSA) is 124 Å². The summed E-state index contributed by atoms with van der Waals surface area (Å²) in [6, 6.07) is 4.79. The molecule has 0 bridgehead atoms. The summed E-state index contributed by atoms with van der Waals surface area (Å²) < 4.78 is 24.0. The van der Waals surface area contributed by atoms with E-state index in [1.54, 1.807) is 0 Å². The quantitative estimate of drug-likeness (QED) is 0.723.